The third-order valence-corrected chi connectivity index (χ3v) is 7.46. The first-order valence-corrected chi connectivity index (χ1v) is 12.0. The molecule has 1 aromatic carbocycles. The smallest absolute Gasteiger partial charge is 0.267 e. The summed E-state index contributed by atoms with van der Waals surface area (Å²) in [6.07, 6.45) is 9.29. The lowest BCUT2D eigenvalue weighted by Gasteiger charge is -2.38. The number of hydrogen-bond acceptors (Lipinski definition) is 4. The van der Waals surface area contributed by atoms with E-state index in [1.165, 1.54) is 31.7 Å². The molecule has 0 radical (unpaired) electrons. The van der Waals surface area contributed by atoms with Crippen LogP contribution in [0.1, 0.15) is 71.3 Å². The Bertz CT molecular complexity index is 1050. The van der Waals surface area contributed by atoms with Crippen LogP contribution in [-0.4, -0.2) is 58.1 Å². The zero-order valence-electron chi connectivity index (χ0n) is 18.5. The first-order chi connectivity index (χ1) is 15.6. The Hall–Kier alpha value is -2.54. The van der Waals surface area contributed by atoms with Gasteiger partial charge in [0.25, 0.3) is 11.5 Å². The van der Waals surface area contributed by atoms with Crippen molar-refractivity contribution in [1.29, 1.82) is 0 Å². The monoisotopic (exact) mass is 438 g/mol. The van der Waals surface area contributed by atoms with Crippen molar-refractivity contribution < 1.29 is 9.18 Å². The number of H-pyrrole nitrogens is 1. The first kappa shape index (κ1) is 21.3. The minimum absolute atomic E-state index is 0.102. The minimum Gasteiger partial charge on any atom is -0.336 e. The van der Waals surface area contributed by atoms with E-state index in [-0.39, 0.29) is 17.0 Å². The van der Waals surface area contributed by atoms with Crippen molar-refractivity contribution in [3.05, 3.63) is 62.3 Å². The van der Waals surface area contributed by atoms with E-state index in [1.54, 1.807) is 17.0 Å². The molecule has 3 aliphatic rings. The van der Waals surface area contributed by atoms with Crippen LogP contribution < -0.4 is 5.56 Å². The van der Waals surface area contributed by atoms with E-state index in [0.717, 1.165) is 61.2 Å². The van der Waals surface area contributed by atoms with Gasteiger partial charge in [-0.15, -0.1) is 0 Å². The van der Waals surface area contributed by atoms with Crippen LogP contribution in [0.5, 0.6) is 0 Å². The van der Waals surface area contributed by atoms with Crippen molar-refractivity contribution >= 4 is 5.91 Å². The summed E-state index contributed by atoms with van der Waals surface area (Å²) < 4.78 is 14.6. The van der Waals surface area contributed by atoms with Gasteiger partial charge in [-0.2, -0.15) is 5.10 Å². The highest BCUT2D eigenvalue weighted by Gasteiger charge is 2.29. The summed E-state index contributed by atoms with van der Waals surface area (Å²) in [7, 11) is 0. The number of fused-ring (bicyclic) bond motifs is 1. The van der Waals surface area contributed by atoms with Gasteiger partial charge in [-0.25, -0.2) is 9.49 Å². The maximum atomic E-state index is 14.6. The lowest BCUT2D eigenvalue weighted by Crippen LogP contribution is -2.51. The Morgan fingerprint density at radius 3 is 2.50 bits per heavy atom. The molecule has 1 saturated heterocycles. The molecule has 6 nitrogen and oxygen atoms in total. The summed E-state index contributed by atoms with van der Waals surface area (Å²) in [5, 5.41) is 6.90. The third-order valence-electron chi connectivity index (χ3n) is 7.46. The zero-order chi connectivity index (χ0) is 22.1. The lowest BCUT2D eigenvalue weighted by molar-refractivity contribution is 0.0569. The summed E-state index contributed by atoms with van der Waals surface area (Å²) in [4.78, 5) is 29.5. The standard InChI is InChI=1S/C25H31FN4O2/c26-22-10-9-17(16-23-19-7-3-4-8-20(19)24(31)28-27-23)15-21(22)25(32)30-13-11-29(12-14-30)18-5-1-2-6-18/h9-10,15,18H,1-8,11-14,16H2,(H,28,31). The summed E-state index contributed by atoms with van der Waals surface area (Å²) in [6.45, 7) is 3.03. The summed E-state index contributed by atoms with van der Waals surface area (Å²) in [5.41, 5.74) is 3.56. The van der Waals surface area contributed by atoms with E-state index in [2.05, 4.69) is 15.1 Å². The Balaban J connectivity index is 1.31. The molecule has 2 fully saturated rings. The van der Waals surface area contributed by atoms with Gasteiger partial charge in [0, 0.05) is 44.2 Å². The van der Waals surface area contributed by atoms with Crippen LogP contribution in [0.3, 0.4) is 0 Å². The lowest BCUT2D eigenvalue weighted by atomic mass is 9.90. The van der Waals surface area contributed by atoms with Crippen LogP contribution >= 0.6 is 0 Å². The number of aromatic nitrogens is 2. The van der Waals surface area contributed by atoms with Crippen LogP contribution in [0.4, 0.5) is 4.39 Å². The molecule has 0 bridgehead atoms. The third kappa shape index (κ3) is 4.22. The molecule has 1 aliphatic heterocycles. The predicted octanol–water partition coefficient (Wildman–Crippen LogP) is 3.08. The number of halogens is 1. The van der Waals surface area contributed by atoms with E-state index in [9.17, 15) is 14.0 Å². The number of amides is 1. The minimum atomic E-state index is -0.478. The Morgan fingerprint density at radius 2 is 1.75 bits per heavy atom. The van der Waals surface area contributed by atoms with Crippen molar-refractivity contribution in [2.45, 2.75) is 63.8 Å². The van der Waals surface area contributed by atoms with Gasteiger partial charge in [-0.05, 0) is 61.8 Å². The molecular formula is C25H31FN4O2. The molecule has 5 rings (SSSR count). The number of piperazine rings is 1. The van der Waals surface area contributed by atoms with Gasteiger partial charge in [0.05, 0.1) is 11.3 Å². The van der Waals surface area contributed by atoms with Gasteiger partial charge in [0.15, 0.2) is 0 Å². The van der Waals surface area contributed by atoms with Crippen LogP contribution in [-0.2, 0) is 19.3 Å². The number of rotatable bonds is 4. The fourth-order valence-electron chi connectivity index (χ4n) is 5.64. The average molecular weight is 439 g/mol. The number of carbonyl (C=O) groups excluding carboxylic acids is 1. The Labute approximate surface area is 187 Å². The first-order valence-electron chi connectivity index (χ1n) is 12.0. The maximum absolute atomic E-state index is 14.6. The van der Waals surface area contributed by atoms with Crippen LogP contribution in [0.15, 0.2) is 23.0 Å². The van der Waals surface area contributed by atoms with E-state index in [4.69, 9.17) is 0 Å². The van der Waals surface area contributed by atoms with Crippen LogP contribution in [0.25, 0.3) is 0 Å². The van der Waals surface area contributed by atoms with Crippen molar-refractivity contribution in [3.63, 3.8) is 0 Å². The van der Waals surface area contributed by atoms with E-state index in [0.29, 0.717) is 25.6 Å². The molecule has 2 aliphatic carbocycles. The summed E-state index contributed by atoms with van der Waals surface area (Å²) in [6, 6.07) is 5.42. The van der Waals surface area contributed by atoms with Crippen molar-refractivity contribution in [3.8, 4) is 0 Å². The SMILES string of the molecule is O=C(c1cc(Cc2n[nH]c(=O)c3c2CCCC3)ccc1F)N1CCN(C2CCCC2)CC1. The molecule has 1 amide bonds. The largest absolute Gasteiger partial charge is 0.336 e. The van der Waals surface area contributed by atoms with Crippen LogP contribution in [0.2, 0.25) is 0 Å². The fraction of sp³-hybridized carbons (Fsp3) is 0.560. The number of nitrogens with zero attached hydrogens (tertiary/aromatic N) is 3. The normalized spacial score (nSPS) is 19.8. The highest BCUT2D eigenvalue weighted by atomic mass is 19.1. The molecule has 32 heavy (non-hydrogen) atoms. The highest BCUT2D eigenvalue weighted by Crippen LogP contribution is 2.26. The number of benzene rings is 1. The molecule has 1 N–H and O–H groups in total. The van der Waals surface area contributed by atoms with E-state index < -0.39 is 5.82 Å². The molecule has 2 aromatic rings. The van der Waals surface area contributed by atoms with Crippen molar-refractivity contribution in [1.82, 2.24) is 20.0 Å². The fourth-order valence-corrected chi connectivity index (χ4v) is 5.64. The highest BCUT2D eigenvalue weighted by molar-refractivity contribution is 5.94. The Morgan fingerprint density at radius 1 is 1.03 bits per heavy atom. The quantitative estimate of drug-likeness (QED) is 0.797. The topological polar surface area (TPSA) is 69.3 Å². The molecule has 1 aromatic heterocycles. The summed E-state index contributed by atoms with van der Waals surface area (Å²) >= 11 is 0. The van der Waals surface area contributed by atoms with Gasteiger partial charge in [-0.1, -0.05) is 18.9 Å². The second kappa shape index (κ2) is 9.14. The van der Waals surface area contributed by atoms with Crippen LogP contribution in [0, 0.1) is 5.82 Å². The molecule has 1 saturated carbocycles. The van der Waals surface area contributed by atoms with Gasteiger partial charge in [0.1, 0.15) is 5.82 Å². The van der Waals surface area contributed by atoms with E-state index >= 15 is 0 Å². The number of aromatic amines is 1. The zero-order valence-corrected chi connectivity index (χ0v) is 18.5. The van der Waals surface area contributed by atoms with E-state index in [1.807, 2.05) is 0 Å². The van der Waals surface area contributed by atoms with Gasteiger partial charge in [0.2, 0.25) is 0 Å². The maximum Gasteiger partial charge on any atom is 0.267 e. The molecule has 0 unspecified atom stereocenters. The average Bonchev–Trinajstić information content (AvgIpc) is 3.37. The summed E-state index contributed by atoms with van der Waals surface area (Å²) in [5.74, 6) is -0.708. The number of nitrogens with one attached hydrogen (secondary N) is 1. The molecule has 170 valence electrons. The predicted molar refractivity (Wildman–Crippen MR) is 120 cm³/mol. The second-order valence-corrected chi connectivity index (χ2v) is 9.42. The Kier molecular flexibility index (Phi) is 6.09. The number of carbonyl (C=O) groups is 1. The molecule has 2 heterocycles. The molecular weight excluding hydrogens is 407 g/mol. The van der Waals surface area contributed by atoms with Crippen molar-refractivity contribution in [2.24, 2.45) is 0 Å². The molecule has 0 atom stereocenters. The second-order valence-electron chi connectivity index (χ2n) is 9.42. The number of hydrogen-bond donors (Lipinski definition) is 1. The van der Waals surface area contributed by atoms with Gasteiger partial charge < -0.3 is 4.90 Å². The van der Waals surface area contributed by atoms with Crippen molar-refractivity contribution in [2.75, 3.05) is 26.2 Å². The van der Waals surface area contributed by atoms with Gasteiger partial charge >= 0.3 is 0 Å². The molecule has 7 heteroatoms. The van der Waals surface area contributed by atoms with Gasteiger partial charge in [-0.3, -0.25) is 14.5 Å². The molecule has 0 spiro atoms.